The van der Waals surface area contributed by atoms with E-state index in [0.29, 0.717) is 12.1 Å². The fourth-order valence-electron chi connectivity index (χ4n) is 3.82. The fourth-order valence-corrected chi connectivity index (χ4v) is 3.82. The monoisotopic (exact) mass is 367 g/mol. The van der Waals surface area contributed by atoms with Crippen LogP contribution in [0.1, 0.15) is 38.4 Å². The highest BCUT2D eigenvalue weighted by molar-refractivity contribution is 5.60. The molecule has 2 aromatic heterocycles. The van der Waals surface area contributed by atoms with E-state index in [-0.39, 0.29) is 5.41 Å². The number of hydrogen-bond donors (Lipinski definition) is 3. The Morgan fingerprint density at radius 1 is 1.11 bits per heavy atom. The van der Waals surface area contributed by atoms with Crippen LogP contribution in [0.2, 0.25) is 0 Å². The summed E-state index contributed by atoms with van der Waals surface area (Å²) >= 11 is 0. The zero-order valence-electron chi connectivity index (χ0n) is 16.6. The lowest BCUT2D eigenvalue weighted by Gasteiger charge is -2.27. The van der Waals surface area contributed by atoms with Gasteiger partial charge in [0.15, 0.2) is 5.82 Å². The topological polar surface area (TPSA) is 78.0 Å². The summed E-state index contributed by atoms with van der Waals surface area (Å²) in [6, 6.07) is 4.79. The van der Waals surface area contributed by atoms with Gasteiger partial charge in [0.25, 0.3) is 0 Å². The summed E-state index contributed by atoms with van der Waals surface area (Å²) in [4.78, 5) is 16.1. The molecule has 0 radical (unpaired) electrons. The van der Waals surface area contributed by atoms with Gasteiger partial charge in [-0.2, -0.15) is 0 Å². The van der Waals surface area contributed by atoms with Gasteiger partial charge in [-0.1, -0.05) is 20.8 Å². The lowest BCUT2D eigenvalue weighted by atomic mass is 9.84. The summed E-state index contributed by atoms with van der Waals surface area (Å²) in [6.45, 7) is 9.37. The van der Waals surface area contributed by atoms with Crippen LogP contribution in [0.5, 0.6) is 0 Å². The second kappa shape index (κ2) is 7.14. The molecule has 4 heterocycles. The molecule has 2 aliphatic rings. The van der Waals surface area contributed by atoms with Crippen LogP contribution in [0.15, 0.2) is 24.5 Å². The highest BCUT2D eigenvalue weighted by atomic mass is 15.4. The van der Waals surface area contributed by atoms with Crippen LogP contribution in [0, 0.1) is 5.41 Å². The van der Waals surface area contributed by atoms with E-state index >= 15 is 0 Å². The van der Waals surface area contributed by atoms with Crippen molar-refractivity contribution < 1.29 is 0 Å². The van der Waals surface area contributed by atoms with Crippen LogP contribution in [0.25, 0.3) is 11.4 Å². The van der Waals surface area contributed by atoms with Gasteiger partial charge in [0.2, 0.25) is 0 Å². The van der Waals surface area contributed by atoms with Crippen molar-refractivity contribution in [1.29, 1.82) is 0 Å². The molecule has 0 aliphatic carbocycles. The van der Waals surface area contributed by atoms with Crippen molar-refractivity contribution in [2.24, 2.45) is 5.41 Å². The summed E-state index contributed by atoms with van der Waals surface area (Å²) in [5, 5.41) is 3.41. The highest BCUT2D eigenvalue weighted by Crippen LogP contribution is 2.29. The van der Waals surface area contributed by atoms with Crippen LogP contribution in [-0.4, -0.2) is 40.6 Å². The molecule has 7 heteroatoms. The van der Waals surface area contributed by atoms with Gasteiger partial charge in [-0.05, 0) is 24.0 Å². The SMILES string of the molecule is CN(CC1CC(C(C)(C)C)NN1)c1nc(-c2ccncc2)nc2c1CNC2. The molecule has 4 rings (SSSR count). The lowest BCUT2D eigenvalue weighted by molar-refractivity contribution is 0.286. The first-order chi connectivity index (χ1) is 12.9. The molecule has 2 atom stereocenters. The van der Waals surface area contributed by atoms with Crippen LogP contribution in [0.4, 0.5) is 5.82 Å². The van der Waals surface area contributed by atoms with Crippen molar-refractivity contribution in [1.82, 2.24) is 31.1 Å². The first kappa shape index (κ1) is 18.3. The Morgan fingerprint density at radius 2 is 1.89 bits per heavy atom. The number of hydrogen-bond acceptors (Lipinski definition) is 7. The predicted octanol–water partition coefficient (Wildman–Crippen LogP) is 1.86. The quantitative estimate of drug-likeness (QED) is 0.761. The third-order valence-electron chi connectivity index (χ3n) is 5.49. The Morgan fingerprint density at radius 3 is 2.59 bits per heavy atom. The number of fused-ring (bicyclic) bond motifs is 1. The Bertz CT molecular complexity index is 800. The summed E-state index contributed by atoms with van der Waals surface area (Å²) in [6.07, 6.45) is 4.68. The van der Waals surface area contributed by atoms with Gasteiger partial charge in [-0.3, -0.25) is 15.8 Å². The number of anilines is 1. The molecule has 0 bridgehead atoms. The molecule has 0 saturated carbocycles. The van der Waals surface area contributed by atoms with E-state index in [1.54, 1.807) is 12.4 Å². The second-order valence-corrected chi connectivity index (χ2v) is 8.66. The summed E-state index contributed by atoms with van der Waals surface area (Å²) in [5.74, 6) is 1.80. The third-order valence-corrected chi connectivity index (χ3v) is 5.49. The maximum atomic E-state index is 4.92. The molecule has 2 aliphatic heterocycles. The molecule has 2 unspecified atom stereocenters. The minimum Gasteiger partial charge on any atom is -0.358 e. The Labute approximate surface area is 161 Å². The van der Waals surface area contributed by atoms with E-state index in [1.807, 2.05) is 12.1 Å². The van der Waals surface area contributed by atoms with Crippen molar-refractivity contribution in [2.75, 3.05) is 18.5 Å². The number of aromatic nitrogens is 3. The van der Waals surface area contributed by atoms with Gasteiger partial charge >= 0.3 is 0 Å². The number of nitrogens with one attached hydrogen (secondary N) is 3. The van der Waals surface area contributed by atoms with Gasteiger partial charge in [-0.25, -0.2) is 9.97 Å². The average molecular weight is 368 g/mol. The number of pyridine rings is 1. The molecule has 0 spiro atoms. The molecule has 144 valence electrons. The van der Waals surface area contributed by atoms with Gasteiger partial charge < -0.3 is 10.2 Å². The Hall–Kier alpha value is -2.09. The number of likely N-dealkylation sites (N-methyl/N-ethyl adjacent to an activating group) is 1. The fraction of sp³-hybridized carbons (Fsp3) is 0.550. The lowest BCUT2D eigenvalue weighted by Crippen LogP contribution is -2.42. The normalized spacial score (nSPS) is 22.1. The number of nitrogens with zero attached hydrogens (tertiary/aromatic N) is 4. The maximum absolute atomic E-state index is 4.92. The second-order valence-electron chi connectivity index (χ2n) is 8.66. The van der Waals surface area contributed by atoms with Crippen LogP contribution >= 0.6 is 0 Å². The van der Waals surface area contributed by atoms with E-state index in [9.17, 15) is 0 Å². The average Bonchev–Trinajstić information content (AvgIpc) is 3.30. The standard InChI is InChI=1S/C20H29N7/c1-20(2,3)17-9-14(25-26-17)12-27(4)19-15-10-22-11-16(15)23-18(24-19)13-5-7-21-8-6-13/h5-8,14,17,22,25-26H,9-12H2,1-4H3. The highest BCUT2D eigenvalue weighted by Gasteiger charge is 2.33. The number of hydrazine groups is 1. The largest absolute Gasteiger partial charge is 0.358 e. The van der Waals surface area contributed by atoms with E-state index in [0.717, 1.165) is 49.0 Å². The predicted molar refractivity (Wildman–Crippen MR) is 107 cm³/mol. The summed E-state index contributed by atoms with van der Waals surface area (Å²) in [5.41, 5.74) is 10.5. The van der Waals surface area contributed by atoms with Gasteiger partial charge in [-0.15, -0.1) is 0 Å². The Balaban J connectivity index is 1.57. The van der Waals surface area contributed by atoms with E-state index in [1.165, 1.54) is 5.56 Å². The first-order valence-corrected chi connectivity index (χ1v) is 9.65. The van der Waals surface area contributed by atoms with Gasteiger partial charge in [0.05, 0.1) is 5.69 Å². The molecule has 2 aromatic rings. The minimum absolute atomic E-state index is 0.245. The van der Waals surface area contributed by atoms with Crippen molar-refractivity contribution >= 4 is 5.82 Å². The zero-order chi connectivity index (χ0) is 19.0. The molecule has 0 aromatic carbocycles. The van der Waals surface area contributed by atoms with E-state index < -0.39 is 0 Å². The molecule has 1 fully saturated rings. The molecule has 7 nitrogen and oxygen atoms in total. The van der Waals surface area contributed by atoms with Gasteiger partial charge in [0.1, 0.15) is 5.82 Å². The first-order valence-electron chi connectivity index (χ1n) is 9.65. The van der Waals surface area contributed by atoms with Crippen molar-refractivity contribution in [2.45, 2.75) is 52.4 Å². The van der Waals surface area contributed by atoms with Gasteiger partial charge in [0, 0.05) is 62.3 Å². The van der Waals surface area contributed by atoms with Crippen LogP contribution in [0.3, 0.4) is 0 Å². The summed E-state index contributed by atoms with van der Waals surface area (Å²) in [7, 11) is 2.13. The number of rotatable bonds is 4. The van der Waals surface area contributed by atoms with Crippen molar-refractivity contribution in [3.8, 4) is 11.4 Å². The van der Waals surface area contributed by atoms with Crippen LogP contribution < -0.4 is 21.1 Å². The molecular weight excluding hydrogens is 338 g/mol. The molecule has 27 heavy (non-hydrogen) atoms. The minimum atomic E-state index is 0.245. The summed E-state index contributed by atoms with van der Waals surface area (Å²) < 4.78 is 0. The zero-order valence-corrected chi connectivity index (χ0v) is 16.6. The van der Waals surface area contributed by atoms with Crippen molar-refractivity contribution in [3.63, 3.8) is 0 Å². The van der Waals surface area contributed by atoms with E-state index in [4.69, 9.17) is 9.97 Å². The van der Waals surface area contributed by atoms with E-state index in [2.05, 4.69) is 53.9 Å². The molecule has 3 N–H and O–H groups in total. The van der Waals surface area contributed by atoms with Crippen LogP contribution in [-0.2, 0) is 13.1 Å². The molecular formula is C20H29N7. The maximum Gasteiger partial charge on any atom is 0.161 e. The third kappa shape index (κ3) is 3.81. The Kier molecular flexibility index (Phi) is 4.84. The molecule has 1 saturated heterocycles. The smallest absolute Gasteiger partial charge is 0.161 e. The van der Waals surface area contributed by atoms with Crippen molar-refractivity contribution in [3.05, 3.63) is 35.8 Å². The molecule has 0 amide bonds.